The maximum atomic E-state index is 11.2. The van der Waals surface area contributed by atoms with E-state index < -0.39 is 0 Å². The van der Waals surface area contributed by atoms with Gasteiger partial charge in [0.05, 0.1) is 5.52 Å². The van der Waals surface area contributed by atoms with Crippen LogP contribution in [0.2, 0.25) is 0 Å². The Labute approximate surface area is 128 Å². The molecule has 1 heterocycles. The molecule has 3 rings (SSSR count). The van der Waals surface area contributed by atoms with E-state index in [0.29, 0.717) is 0 Å². The molecule has 0 radical (unpaired) electrons. The number of hydrogen-bond acceptors (Lipinski definition) is 3. The second-order valence-electron chi connectivity index (χ2n) is 5.09. The normalized spacial score (nSPS) is 10.5. The van der Waals surface area contributed by atoms with Crippen molar-refractivity contribution in [2.24, 2.45) is 0 Å². The number of rotatable bonds is 3. The monoisotopic (exact) mass is 292 g/mol. The quantitative estimate of drug-likeness (QED) is 0.783. The van der Waals surface area contributed by atoms with Crippen molar-refractivity contribution in [1.82, 2.24) is 4.98 Å². The number of aromatic nitrogens is 1. The second-order valence-corrected chi connectivity index (χ2v) is 5.09. The smallest absolute Gasteiger partial charge is 0.221 e. The van der Waals surface area contributed by atoms with Gasteiger partial charge in [-0.05, 0) is 37.3 Å². The summed E-state index contributed by atoms with van der Waals surface area (Å²) >= 11 is 0. The fraction of sp³-hybridized carbons (Fsp3) is 0.111. The van der Waals surface area contributed by atoms with Gasteiger partial charge in [-0.15, -0.1) is 0 Å². The molecule has 1 aromatic heterocycles. The molecule has 0 unspecified atom stereocenters. The predicted molar refractivity (Wildman–Crippen MR) is 87.3 cm³/mol. The summed E-state index contributed by atoms with van der Waals surface area (Å²) in [5.41, 5.74) is 2.44. The van der Waals surface area contributed by atoms with Crippen LogP contribution in [0.5, 0.6) is 11.5 Å². The summed E-state index contributed by atoms with van der Waals surface area (Å²) in [6.07, 6.45) is 0. The molecule has 0 aliphatic rings. The van der Waals surface area contributed by atoms with Gasteiger partial charge in [-0.3, -0.25) is 9.78 Å². The lowest BCUT2D eigenvalue weighted by molar-refractivity contribution is -0.114. The third-order valence-corrected chi connectivity index (χ3v) is 3.19. The fourth-order valence-corrected chi connectivity index (χ4v) is 2.30. The number of carbonyl (C=O) groups is 1. The van der Waals surface area contributed by atoms with Crippen LogP contribution in [0.3, 0.4) is 0 Å². The molecular formula is C18H16N2O2. The van der Waals surface area contributed by atoms with E-state index in [9.17, 15) is 4.79 Å². The van der Waals surface area contributed by atoms with Crippen LogP contribution in [0, 0.1) is 6.92 Å². The van der Waals surface area contributed by atoms with Crippen LogP contribution >= 0.6 is 0 Å². The van der Waals surface area contributed by atoms with Crippen LogP contribution in [-0.4, -0.2) is 10.9 Å². The summed E-state index contributed by atoms with van der Waals surface area (Å²) in [6, 6.07) is 17.1. The summed E-state index contributed by atoms with van der Waals surface area (Å²) in [5, 5.41) is 3.64. The molecule has 1 N–H and O–H groups in total. The first kappa shape index (κ1) is 14.1. The fourth-order valence-electron chi connectivity index (χ4n) is 2.30. The summed E-state index contributed by atoms with van der Waals surface area (Å²) < 4.78 is 5.98. The van der Waals surface area contributed by atoms with Gasteiger partial charge >= 0.3 is 0 Å². The van der Waals surface area contributed by atoms with E-state index in [2.05, 4.69) is 10.3 Å². The van der Waals surface area contributed by atoms with Gasteiger partial charge in [-0.1, -0.05) is 18.2 Å². The molecule has 0 saturated carbocycles. The zero-order valence-electron chi connectivity index (χ0n) is 12.5. The van der Waals surface area contributed by atoms with Crippen molar-refractivity contribution in [3.05, 3.63) is 60.3 Å². The summed E-state index contributed by atoms with van der Waals surface area (Å²) in [7, 11) is 0. The van der Waals surface area contributed by atoms with Crippen molar-refractivity contribution in [3.8, 4) is 11.5 Å². The number of amides is 1. The Morgan fingerprint density at radius 2 is 1.86 bits per heavy atom. The van der Waals surface area contributed by atoms with Crippen molar-refractivity contribution >= 4 is 22.5 Å². The average molecular weight is 292 g/mol. The highest BCUT2D eigenvalue weighted by Crippen LogP contribution is 2.31. The molecule has 4 nitrogen and oxygen atoms in total. The van der Waals surface area contributed by atoms with E-state index in [0.717, 1.165) is 33.8 Å². The Hall–Kier alpha value is -2.88. The minimum absolute atomic E-state index is 0.107. The number of carbonyl (C=O) groups excluding carboxylic acids is 1. The topological polar surface area (TPSA) is 51.2 Å². The van der Waals surface area contributed by atoms with Crippen LogP contribution in [-0.2, 0) is 4.79 Å². The predicted octanol–water partition coefficient (Wildman–Crippen LogP) is 4.29. The molecule has 1 amide bonds. The first-order valence-electron chi connectivity index (χ1n) is 7.04. The Morgan fingerprint density at radius 1 is 1.09 bits per heavy atom. The van der Waals surface area contributed by atoms with Crippen molar-refractivity contribution in [1.29, 1.82) is 0 Å². The zero-order valence-corrected chi connectivity index (χ0v) is 12.5. The minimum atomic E-state index is -0.107. The van der Waals surface area contributed by atoms with Gasteiger partial charge in [-0.2, -0.15) is 0 Å². The van der Waals surface area contributed by atoms with Crippen LogP contribution in [0.4, 0.5) is 5.69 Å². The number of nitrogens with zero attached hydrogens (tertiary/aromatic N) is 1. The summed E-state index contributed by atoms with van der Waals surface area (Å²) in [6.45, 7) is 3.41. The number of fused-ring (bicyclic) bond motifs is 1. The second kappa shape index (κ2) is 5.85. The molecule has 0 aliphatic heterocycles. The van der Waals surface area contributed by atoms with E-state index >= 15 is 0 Å². The number of pyridine rings is 1. The number of benzene rings is 2. The first-order valence-corrected chi connectivity index (χ1v) is 7.04. The van der Waals surface area contributed by atoms with E-state index in [4.69, 9.17) is 4.74 Å². The number of nitrogens with one attached hydrogen (secondary N) is 1. The lowest BCUT2D eigenvalue weighted by atomic mass is 10.1. The standard InChI is InChI=1S/C18H16N2O2/c1-12-10-18(22-15-6-4-3-5-7-15)16-11-14(20-13(2)21)8-9-17(16)19-12/h3-11H,1-2H3,(H,20,21). The van der Waals surface area contributed by atoms with Crippen molar-refractivity contribution in [2.75, 3.05) is 5.32 Å². The van der Waals surface area contributed by atoms with E-state index in [-0.39, 0.29) is 5.91 Å². The molecule has 0 fully saturated rings. The van der Waals surface area contributed by atoms with Gasteiger partial charge in [0, 0.05) is 29.8 Å². The number of hydrogen-bond donors (Lipinski definition) is 1. The number of ether oxygens (including phenoxy) is 1. The van der Waals surface area contributed by atoms with E-state index in [1.807, 2.05) is 61.5 Å². The van der Waals surface area contributed by atoms with Crippen molar-refractivity contribution in [3.63, 3.8) is 0 Å². The molecule has 3 aromatic rings. The Bertz CT molecular complexity index is 829. The highest BCUT2D eigenvalue weighted by atomic mass is 16.5. The molecule has 0 bridgehead atoms. The maximum Gasteiger partial charge on any atom is 0.221 e. The first-order chi connectivity index (χ1) is 10.6. The van der Waals surface area contributed by atoms with Gasteiger partial charge in [-0.25, -0.2) is 0 Å². The van der Waals surface area contributed by atoms with Gasteiger partial charge in [0.25, 0.3) is 0 Å². The molecule has 4 heteroatoms. The molecule has 0 aliphatic carbocycles. The van der Waals surface area contributed by atoms with Gasteiger partial charge in [0.2, 0.25) is 5.91 Å². The van der Waals surface area contributed by atoms with Crippen LogP contribution in [0.15, 0.2) is 54.6 Å². The Balaban J connectivity index is 2.08. The SMILES string of the molecule is CC(=O)Nc1ccc2nc(C)cc(Oc3ccccc3)c2c1. The lowest BCUT2D eigenvalue weighted by Crippen LogP contribution is -2.05. The molecule has 110 valence electrons. The largest absolute Gasteiger partial charge is 0.457 e. The number of aryl methyl sites for hydroxylation is 1. The molecule has 2 aromatic carbocycles. The Morgan fingerprint density at radius 3 is 2.59 bits per heavy atom. The van der Waals surface area contributed by atoms with Gasteiger partial charge in [0.1, 0.15) is 11.5 Å². The van der Waals surface area contributed by atoms with Crippen molar-refractivity contribution in [2.45, 2.75) is 13.8 Å². The molecular weight excluding hydrogens is 276 g/mol. The number of anilines is 1. The van der Waals surface area contributed by atoms with Crippen LogP contribution in [0.1, 0.15) is 12.6 Å². The maximum absolute atomic E-state index is 11.2. The minimum Gasteiger partial charge on any atom is -0.457 e. The molecule has 0 atom stereocenters. The average Bonchev–Trinajstić information content (AvgIpc) is 2.48. The van der Waals surface area contributed by atoms with E-state index in [1.54, 1.807) is 0 Å². The van der Waals surface area contributed by atoms with E-state index in [1.165, 1.54) is 6.92 Å². The van der Waals surface area contributed by atoms with Crippen LogP contribution in [0.25, 0.3) is 10.9 Å². The summed E-state index contributed by atoms with van der Waals surface area (Å²) in [4.78, 5) is 15.7. The molecule has 22 heavy (non-hydrogen) atoms. The molecule has 0 spiro atoms. The third-order valence-electron chi connectivity index (χ3n) is 3.19. The summed E-state index contributed by atoms with van der Waals surface area (Å²) in [5.74, 6) is 1.38. The molecule has 0 saturated heterocycles. The third kappa shape index (κ3) is 3.06. The van der Waals surface area contributed by atoms with Crippen LogP contribution < -0.4 is 10.1 Å². The zero-order chi connectivity index (χ0) is 15.5. The number of para-hydroxylation sites is 1. The Kier molecular flexibility index (Phi) is 3.74. The highest BCUT2D eigenvalue weighted by Gasteiger charge is 2.08. The van der Waals surface area contributed by atoms with Gasteiger partial charge < -0.3 is 10.1 Å². The van der Waals surface area contributed by atoms with Gasteiger partial charge in [0.15, 0.2) is 0 Å². The highest BCUT2D eigenvalue weighted by molar-refractivity contribution is 5.94. The lowest BCUT2D eigenvalue weighted by Gasteiger charge is -2.11. The van der Waals surface area contributed by atoms with Crippen molar-refractivity contribution < 1.29 is 9.53 Å².